The van der Waals surface area contributed by atoms with Crippen LogP contribution in [0.5, 0.6) is 0 Å². The maximum Gasteiger partial charge on any atom is 0.353 e. The highest BCUT2D eigenvalue weighted by Gasteiger charge is 2.21. The van der Waals surface area contributed by atoms with Gasteiger partial charge in [0.2, 0.25) is 0 Å². The number of nitrogen functional groups attached to an aromatic ring is 1. The number of aromatic nitrogens is 4. The third-order valence-corrected chi connectivity index (χ3v) is 10.4. The number of rotatable bonds is 25. The van der Waals surface area contributed by atoms with E-state index in [1.54, 1.807) is 10.9 Å². The highest BCUT2D eigenvalue weighted by Crippen LogP contribution is 2.42. The average molecular weight is 612 g/mol. The lowest BCUT2D eigenvalue weighted by Crippen LogP contribution is -2.18. The Morgan fingerprint density at radius 2 is 1.37 bits per heavy atom. The molecule has 0 radical (unpaired) electrons. The lowest BCUT2D eigenvalue weighted by Gasteiger charge is -2.17. The molecule has 2 aromatic heterocycles. The summed E-state index contributed by atoms with van der Waals surface area (Å²) in [7, 11) is -4.61. The predicted molar refractivity (Wildman–Crippen MR) is 173 cm³/mol. The Morgan fingerprint density at radius 1 is 0.854 bits per heavy atom. The number of ether oxygens (including phenoxy) is 1. The second kappa shape index (κ2) is 19.8. The summed E-state index contributed by atoms with van der Waals surface area (Å²) >= 11 is 0. The van der Waals surface area contributed by atoms with Crippen LogP contribution in [-0.2, 0) is 20.4 Å². The van der Waals surface area contributed by atoms with Gasteiger partial charge in [-0.1, -0.05) is 122 Å². The number of anilines is 1. The minimum atomic E-state index is -3.78. The van der Waals surface area contributed by atoms with Crippen LogP contribution in [0.15, 0.2) is 12.7 Å². The van der Waals surface area contributed by atoms with Crippen LogP contribution in [0.3, 0.4) is 0 Å². The summed E-state index contributed by atoms with van der Waals surface area (Å²) in [6.07, 6.45) is 23.2. The molecule has 236 valence electrons. The van der Waals surface area contributed by atoms with E-state index in [2.05, 4.69) is 34.6 Å². The number of hydrogen-bond donors (Lipinski definition) is 2. The molecule has 3 N–H and O–H groups in total. The fraction of sp³-hybridized carbons (Fsp3) is 0.833. The maximum atomic E-state index is 12.3. The third kappa shape index (κ3) is 16.8. The fourth-order valence-electron chi connectivity index (χ4n) is 5.06. The topological polar surface area (TPSA) is 125 Å². The zero-order chi connectivity index (χ0) is 30.0. The molecule has 9 nitrogen and oxygen atoms in total. The molecule has 0 aliphatic carbocycles. The second-order valence-electron chi connectivity index (χ2n) is 12.9. The minimum Gasteiger partial charge on any atom is -0.382 e. The van der Waals surface area contributed by atoms with E-state index in [0.29, 0.717) is 23.5 Å². The SMILES string of the molecule is C[C@H](Cn1cnc2c(N)ncnc21)OCP(=O)(O)OCCCCCCCCCCCCCCCCCC[Si](C)(C)C. The Kier molecular flexibility index (Phi) is 17.3. The first-order valence-electron chi connectivity index (χ1n) is 16.1. The van der Waals surface area contributed by atoms with E-state index in [1.807, 2.05) is 6.92 Å². The molecule has 0 aromatic carbocycles. The molecular weight excluding hydrogens is 553 g/mol. The van der Waals surface area contributed by atoms with Crippen LogP contribution in [0.4, 0.5) is 5.82 Å². The summed E-state index contributed by atoms with van der Waals surface area (Å²) < 4.78 is 25.0. The van der Waals surface area contributed by atoms with Crippen LogP contribution < -0.4 is 5.73 Å². The van der Waals surface area contributed by atoms with Crippen LogP contribution in [0.25, 0.3) is 11.2 Å². The summed E-state index contributed by atoms with van der Waals surface area (Å²) in [5, 5.41) is 0. The first kappa shape index (κ1) is 35.9. The number of fused-ring (bicyclic) bond motifs is 1. The zero-order valence-corrected chi connectivity index (χ0v) is 28.3. The molecule has 2 rings (SSSR count). The molecular formula is C30H58N5O4PSi. The first-order valence-corrected chi connectivity index (χ1v) is 21.5. The molecule has 0 bridgehead atoms. The van der Waals surface area contributed by atoms with Crippen LogP contribution >= 0.6 is 7.60 Å². The number of hydrogen-bond acceptors (Lipinski definition) is 7. The van der Waals surface area contributed by atoms with Gasteiger partial charge in [0.05, 0.1) is 25.6 Å². The molecule has 2 aromatic rings. The smallest absolute Gasteiger partial charge is 0.353 e. The van der Waals surface area contributed by atoms with Gasteiger partial charge < -0.3 is 24.5 Å². The predicted octanol–water partition coefficient (Wildman–Crippen LogP) is 8.55. The molecule has 1 unspecified atom stereocenters. The minimum absolute atomic E-state index is 0.284. The summed E-state index contributed by atoms with van der Waals surface area (Å²) in [6.45, 7) is 9.97. The molecule has 0 saturated carbocycles. The van der Waals surface area contributed by atoms with Crippen molar-refractivity contribution in [1.29, 1.82) is 0 Å². The van der Waals surface area contributed by atoms with Gasteiger partial charge >= 0.3 is 7.60 Å². The normalized spacial score (nSPS) is 14.5. The van der Waals surface area contributed by atoms with Gasteiger partial charge in [0.1, 0.15) is 18.2 Å². The second-order valence-corrected chi connectivity index (χ2v) is 20.3. The molecule has 2 atom stereocenters. The van der Waals surface area contributed by atoms with Crippen molar-refractivity contribution in [1.82, 2.24) is 19.5 Å². The molecule has 2 heterocycles. The molecule has 11 heteroatoms. The van der Waals surface area contributed by atoms with E-state index in [1.165, 1.54) is 95.8 Å². The van der Waals surface area contributed by atoms with Gasteiger partial charge in [-0.2, -0.15) is 0 Å². The number of nitrogens with two attached hydrogens (primary N) is 1. The average Bonchev–Trinajstić information content (AvgIpc) is 3.32. The lowest BCUT2D eigenvalue weighted by atomic mass is 10.0. The van der Waals surface area contributed by atoms with E-state index in [0.717, 1.165) is 19.3 Å². The van der Waals surface area contributed by atoms with Crippen LogP contribution in [0.2, 0.25) is 25.7 Å². The van der Waals surface area contributed by atoms with E-state index in [9.17, 15) is 9.46 Å². The van der Waals surface area contributed by atoms with Gasteiger partial charge in [0, 0.05) is 8.07 Å². The van der Waals surface area contributed by atoms with Gasteiger partial charge in [-0.25, -0.2) is 15.0 Å². The standard InChI is InChI=1S/C30H58N5O4PSi/c1-27(23-35-25-34-28-29(31)32-24-33-30(28)35)38-26-40(36,37)39-21-19-17-15-13-11-9-7-5-6-8-10-12-14-16-18-20-22-41(2,3)4/h24-25,27H,5-23,26H2,1-4H3,(H,36,37)(H2,31,32,33)/t27-/m1/s1. The van der Waals surface area contributed by atoms with Gasteiger partial charge in [-0.3, -0.25) is 4.57 Å². The Labute approximate surface area is 250 Å². The molecule has 0 spiro atoms. The Balaban J connectivity index is 1.36. The van der Waals surface area contributed by atoms with Crippen molar-refractivity contribution in [2.45, 2.75) is 148 Å². The summed E-state index contributed by atoms with van der Waals surface area (Å²) in [6, 6.07) is 1.49. The van der Waals surface area contributed by atoms with Crippen molar-refractivity contribution >= 4 is 32.7 Å². The Morgan fingerprint density at radius 3 is 1.90 bits per heavy atom. The Hall–Kier alpha value is -1.32. The van der Waals surface area contributed by atoms with Crippen molar-refractivity contribution in [2.75, 3.05) is 18.7 Å². The molecule has 0 aliphatic rings. The molecule has 0 fully saturated rings. The zero-order valence-electron chi connectivity index (χ0n) is 26.4. The van der Waals surface area contributed by atoms with Crippen molar-refractivity contribution in [2.24, 2.45) is 0 Å². The lowest BCUT2D eigenvalue weighted by molar-refractivity contribution is 0.0715. The van der Waals surface area contributed by atoms with Crippen LogP contribution in [0, 0.1) is 0 Å². The number of unbranched alkanes of at least 4 members (excludes halogenated alkanes) is 15. The largest absolute Gasteiger partial charge is 0.382 e. The van der Waals surface area contributed by atoms with Gasteiger partial charge in [0.25, 0.3) is 0 Å². The van der Waals surface area contributed by atoms with Crippen LogP contribution in [0.1, 0.15) is 110 Å². The van der Waals surface area contributed by atoms with Crippen molar-refractivity contribution in [3.63, 3.8) is 0 Å². The van der Waals surface area contributed by atoms with Gasteiger partial charge in [0.15, 0.2) is 11.5 Å². The molecule has 0 amide bonds. The van der Waals surface area contributed by atoms with E-state index in [4.69, 9.17) is 15.0 Å². The molecule has 0 aliphatic heterocycles. The Bertz CT molecular complexity index is 1020. The van der Waals surface area contributed by atoms with Gasteiger partial charge in [-0.05, 0) is 13.3 Å². The van der Waals surface area contributed by atoms with Crippen molar-refractivity contribution < 1.29 is 18.7 Å². The maximum absolute atomic E-state index is 12.3. The van der Waals surface area contributed by atoms with E-state index >= 15 is 0 Å². The van der Waals surface area contributed by atoms with Crippen molar-refractivity contribution in [3.05, 3.63) is 12.7 Å². The number of nitrogens with zero attached hydrogens (tertiary/aromatic N) is 4. The molecule has 0 saturated heterocycles. The quantitative estimate of drug-likeness (QED) is 0.0650. The third-order valence-electron chi connectivity index (χ3n) is 7.52. The van der Waals surface area contributed by atoms with Crippen LogP contribution in [-0.4, -0.2) is 51.5 Å². The number of imidazole rings is 1. The van der Waals surface area contributed by atoms with Crippen molar-refractivity contribution in [3.8, 4) is 0 Å². The van der Waals surface area contributed by atoms with Gasteiger partial charge in [-0.15, -0.1) is 0 Å². The van der Waals surface area contributed by atoms with E-state index < -0.39 is 15.7 Å². The summed E-state index contributed by atoms with van der Waals surface area (Å²) in [4.78, 5) is 22.5. The highest BCUT2D eigenvalue weighted by atomic mass is 31.2. The molecule has 41 heavy (non-hydrogen) atoms. The first-order chi connectivity index (χ1) is 19.6. The van der Waals surface area contributed by atoms with E-state index in [-0.39, 0.29) is 19.1 Å². The summed E-state index contributed by atoms with van der Waals surface area (Å²) in [5.41, 5.74) is 6.96. The monoisotopic (exact) mass is 611 g/mol. The highest BCUT2D eigenvalue weighted by molar-refractivity contribution is 7.52. The summed E-state index contributed by atoms with van der Waals surface area (Å²) in [5.74, 6) is 0.320. The fourth-order valence-corrected chi connectivity index (χ4v) is 7.30.